The number of amides is 7. The minimum Gasteiger partial charge on any atom is -0.394 e. The molecule has 16 N–H and O–H groups in total. The topological polar surface area (TPSA) is 458 Å². The molecule has 17 atom stereocenters. The van der Waals surface area contributed by atoms with Crippen molar-refractivity contribution in [1.82, 2.24) is 37.2 Å². The Balaban J connectivity index is 0.00000822. The summed E-state index contributed by atoms with van der Waals surface area (Å²) < 4.78 is 33.8. The van der Waals surface area contributed by atoms with E-state index in [0.29, 0.717) is 51.4 Å². The van der Waals surface area contributed by atoms with Crippen molar-refractivity contribution in [2.24, 2.45) is 0 Å². The van der Waals surface area contributed by atoms with Crippen LogP contribution in [0.5, 0.6) is 0 Å². The number of nitrogens with one attached hydrogen (secondary N) is 7. The Kier molecular flexibility index (Phi) is 38.8. The van der Waals surface area contributed by atoms with E-state index >= 15 is 0 Å². The summed E-state index contributed by atoms with van der Waals surface area (Å²) in [6, 6.07) is -5.31. The smallest absolute Gasteiger partial charge is 0.243 e. The molecule has 0 aliphatic carbocycles. The van der Waals surface area contributed by atoms with Crippen molar-refractivity contribution in [2.45, 2.75) is 255 Å². The van der Waals surface area contributed by atoms with Gasteiger partial charge in [-0.2, -0.15) is 0 Å². The number of carbonyl (C=O) groups is 8. The predicted octanol–water partition coefficient (Wildman–Crippen LogP) is -3.68. The average Bonchev–Trinajstić information content (AvgIpc) is 1.31. The normalized spacial score (nSPS) is 27.9. The molecule has 498 valence electrons. The summed E-state index contributed by atoms with van der Waals surface area (Å²) in [6.07, 6.45) is -10.0. The first kappa shape index (κ1) is 77.5. The van der Waals surface area contributed by atoms with E-state index in [1.807, 2.05) is 0 Å². The monoisotopic (exact) mass is 1240 g/mol. The van der Waals surface area contributed by atoms with Crippen LogP contribution < -0.4 is 37.2 Å². The van der Waals surface area contributed by atoms with Gasteiger partial charge in [-0.3, -0.25) is 38.4 Å². The van der Waals surface area contributed by atoms with Crippen molar-refractivity contribution >= 4 is 47.1 Å². The number of carbonyl (C=O) groups excluding carboxylic acids is 8. The third-order valence-corrected chi connectivity index (χ3v) is 14.2. The Morgan fingerprint density at radius 1 is 0.430 bits per heavy atom. The molecule has 0 saturated carbocycles. The standard InChI is InChI=1S/C53H93N7O23.C3H8/c1-5-34(67)32(16-6-11-21-54-38(68)18-8-13-23-78-51-41(56-29(2)64)47(74)44(71)35(26-61)81-51)60-50(77)33(59-40(70)20-10-15-25-80-53-43(58-31(4)66)49(76)46(73)37(28-63)83-53)17-7-12-22-55-39(69)19-9-14-24-79-52-42(57-30(3)65)48(75)45(72)36(27-62)82-52;1-3-2/h32-33,35-37,41-49,51-53,61-63,71-76H,5-28H2,1-4H3,(H,54,68)(H,55,69)(H,56,64)(H,57,65)(H,58,66)(H,59,70)(H,60,77);3H2,1-2H3/t32?,33?,35?,36?,37?,41?,42?,43?,44-,45-,46-,47+,48+,49+,51+,52+,53+;/m0./s1. The van der Waals surface area contributed by atoms with E-state index in [4.69, 9.17) is 28.4 Å². The molecule has 3 aliphatic heterocycles. The summed E-state index contributed by atoms with van der Waals surface area (Å²) in [4.78, 5) is 101. The lowest BCUT2D eigenvalue weighted by Crippen LogP contribution is -2.64. The zero-order valence-corrected chi connectivity index (χ0v) is 50.7. The molecule has 0 spiro atoms. The van der Waals surface area contributed by atoms with Crippen LogP contribution in [0.15, 0.2) is 0 Å². The van der Waals surface area contributed by atoms with Gasteiger partial charge in [-0.1, -0.05) is 27.2 Å². The fourth-order valence-corrected chi connectivity index (χ4v) is 9.55. The number of Topliss-reactive ketones (excluding diaryl/α,β-unsaturated/α-hetero) is 1. The van der Waals surface area contributed by atoms with Crippen LogP contribution in [0.2, 0.25) is 0 Å². The molecule has 3 heterocycles. The van der Waals surface area contributed by atoms with Crippen molar-refractivity contribution in [3.05, 3.63) is 0 Å². The van der Waals surface area contributed by atoms with Gasteiger partial charge >= 0.3 is 0 Å². The lowest BCUT2D eigenvalue weighted by atomic mass is 9.97. The highest BCUT2D eigenvalue weighted by Crippen LogP contribution is 2.25. The predicted molar refractivity (Wildman–Crippen MR) is 304 cm³/mol. The number of ether oxygens (including phenoxy) is 6. The Bertz CT molecular complexity index is 2020. The van der Waals surface area contributed by atoms with Gasteiger partial charge in [0, 0.05) is 79.4 Å². The van der Waals surface area contributed by atoms with E-state index in [2.05, 4.69) is 51.1 Å². The van der Waals surface area contributed by atoms with E-state index < -0.39 is 153 Å². The first-order chi connectivity index (χ1) is 41.0. The number of hydrogen-bond donors (Lipinski definition) is 16. The highest BCUT2D eigenvalue weighted by Gasteiger charge is 2.48. The van der Waals surface area contributed by atoms with E-state index in [9.17, 15) is 84.3 Å². The lowest BCUT2D eigenvalue weighted by Gasteiger charge is -2.42. The molecule has 0 aromatic heterocycles. The molecule has 0 aromatic rings. The third kappa shape index (κ3) is 28.2. The van der Waals surface area contributed by atoms with Gasteiger partial charge in [-0.05, 0) is 77.0 Å². The molecular formula is C56H101N7O23. The molecule has 3 fully saturated rings. The summed E-state index contributed by atoms with van der Waals surface area (Å²) in [7, 11) is 0. The van der Waals surface area contributed by atoms with Gasteiger partial charge in [-0.15, -0.1) is 0 Å². The summed E-state index contributed by atoms with van der Waals surface area (Å²) in [5, 5.41) is 110. The maximum atomic E-state index is 13.9. The number of aliphatic hydroxyl groups excluding tert-OH is 9. The number of hydrogen-bond acceptors (Lipinski definition) is 23. The number of ketones is 1. The van der Waals surface area contributed by atoms with Crippen LogP contribution in [0.4, 0.5) is 0 Å². The Morgan fingerprint density at radius 3 is 1.07 bits per heavy atom. The summed E-state index contributed by atoms with van der Waals surface area (Å²) in [5.41, 5.74) is 0. The Morgan fingerprint density at radius 2 is 0.756 bits per heavy atom. The van der Waals surface area contributed by atoms with Gasteiger partial charge in [0.2, 0.25) is 41.4 Å². The second kappa shape index (κ2) is 43.1. The lowest BCUT2D eigenvalue weighted by molar-refractivity contribution is -0.270. The minimum atomic E-state index is -1.50. The minimum absolute atomic E-state index is 0.00917. The number of aliphatic hydroxyl groups is 9. The van der Waals surface area contributed by atoms with Gasteiger partial charge in [-0.25, -0.2) is 0 Å². The molecular weight excluding hydrogens is 1140 g/mol. The second-order valence-electron chi connectivity index (χ2n) is 21.7. The van der Waals surface area contributed by atoms with E-state index in [1.165, 1.54) is 27.2 Å². The van der Waals surface area contributed by atoms with Gasteiger partial charge in [0.15, 0.2) is 24.7 Å². The molecule has 30 nitrogen and oxygen atoms in total. The van der Waals surface area contributed by atoms with Gasteiger partial charge in [0.1, 0.15) is 79.1 Å². The van der Waals surface area contributed by atoms with Crippen molar-refractivity contribution in [2.75, 3.05) is 52.7 Å². The zero-order valence-electron chi connectivity index (χ0n) is 50.7. The van der Waals surface area contributed by atoms with Crippen molar-refractivity contribution in [1.29, 1.82) is 0 Å². The van der Waals surface area contributed by atoms with Crippen molar-refractivity contribution < 1.29 is 113 Å². The number of unbranched alkanes of at least 4 members (excludes halogenated alkanes) is 5. The first-order valence-electron chi connectivity index (χ1n) is 30.2. The average molecular weight is 1240 g/mol. The first-order valence-corrected chi connectivity index (χ1v) is 30.2. The maximum absolute atomic E-state index is 13.9. The molecule has 8 unspecified atom stereocenters. The zero-order chi connectivity index (χ0) is 64.3. The van der Waals surface area contributed by atoms with Crippen LogP contribution in [0.1, 0.15) is 151 Å². The quantitative estimate of drug-likeness (QED) is 0.0264. The second-order valence-corrected chi connectivity index (χ2v) is 21.7. The molecule has 7 amide bonds. The molecule has 0 radical (unpaired) electrons. The van der Waals surface area contributed by atoms with Crippen molar-refractivity contribution in [3.8, 4) is 0 Å². The van der Waals surface area contributed by atoms with Crippen LogP contribution >= 0.6 is 0 Å². The van der Waals surface area contributed by atoms with Crippen LogP contribution in [0, 0.1) is 0 Å². The van der Waals surface area contributed by atoms with Gasteiger partial charge < -0.3 is 112 Å². The molecule has 3 rings (SSSR count). The fourth-order valence-electron chi connectivity index (χ4n) is 9.55. The molecule has 3 saturated heterocycles. The summed E-state index contributed by atoms with van der Waals surface area (Å²) >= 11 is 0. The molecule has 0 aromatic carbocycles. The van der Waals surface area contributed by atoms with Crippen LogP contribution in [0.25, 0.3) is 0 Å². The number of rotatable bonds is 39. The maximum Gasteiger partial charge on any atom is 0.243 e. The molecule has 86 heavy (non-hydrogen) atoms. The highest BCUT2D eigenvalue weighted by atomic mass is 16.7. The molecule has 0 bridgehead atoms. The Hall–Kier alpha value is -4.64. The van der Waals surface area contributed by atoms with Crippen molar-refractivity contribution in [3.63, 3.8) is 0 Å². The van der Waals surface area contributed by atoms with Crippen LogP contribution in [0.3, 0.4) is 0 Å². The summed E-state index contributed by atoms with van der Waals surface area (Å²) in [6.45, 7) is 8.41. The van der Waals surface area contributed by atoms with Crippen LogP contribution in [-0.4, -0.2) is 250 Å². The molecule has 30 heteroatoms. The van der Waals surface area contributed by atoms with Gasteiger partial charge in [0.25, 0.3) is 0 Å². The SMILES string of the molecule is CCC.CCC(=O)C(CCCCNC(=O)CCCCO[C@@H]1OC(CO)[C@H](O)[C@H](O)C1NC(C)=O)NC(=O)C(CCCCNC(=O)CCCCO[C@@H]1OC(CO)[C@H](O)[C@H](O)C1NC(C)=O)NC(=O)CCCCO[C@@H]1OC(CO)[C@H](O)[C@H](O)C1NC(C)=O. The van der Waals surface area contributed by atoms with E-state index in [1.54, 1.807) is 6.92 Å². The molecule has 3 aliphatic rings. The Labute approximate surface area is 503 Å². The highest BCUT2D eigenvalue weighted by molar-refractivity contribution is 5.92. The third-order valence-electron chi connectivity index (χ3n) is 14.2. The van der Waals surface area contributed by atoms with Crippen LogP contribution in [-0.2, 0) is 66.8 Å². The largest absolute Gasteiger partial charge is 0.394 e. The fraction of sp³-hybridized carbons (Fsp3) is 0.857. The van der Waals surface area contributed by atoms with Gasteiger partial charge in [0.05, 0.1) is 25.9 Å². The van der Waals surface area contributed by atoms with E-state index in [-0.39, 0.29) is 102 Å². The summed E-state index contributed by atoms with van der Waals surface area (Å²) in [5.74, 6) is -3.34. The van der Waals surface area contributed by atoms with E-state index in [0.717, 1.165) is 0 Å².